The SMILES string of the molecule is CCOP(=O)(OCC)C(CNc1cnccn1)c1cc(C)c(O)c(OC)c1. The number of aromatic hydroxyl groups is 1. The van der Waals surface area contributed by atoms with Crippen LogP contribution in [0.2, 0.25) is 0 Å². The highest BCUT2D eigenvalue weighted by atomic mass is 31.2. The molecular weight excluding hydrogens is 369 g/mol. The van der Waals surface area contributed by atoms with Gasteiger partial charge in [0.05, 0.1) is 26.5 Å². The van der Waals surface area contributed by atoms with E-state index in [1.165, 1.54) is 7.11 Å². The van der Waals surface area contributed by atoms with Gasteiger partial charge in [0.15, 0.2) is 11.5 Å². The minimum Gasteiger partial charge on any atom is -0.504 e. The van der Waals surface area contributed by atoms with E-state index >= 15 is 0 Å². The Morgan fingerprint density at radius 1 is 1.22 bits per heavy atom. The molecule has 0 spiro atoms. The van der Waals surface area contributed by atoms with E-state index < -0.39 is 13.3 Å². The van der Waals surface area contributed by atoms with Crippen LogP contribution in [0.25, 0.3) is 0 Å². The monoisotopic (exact) mass is 395 g/mol. The Labute approximate surface area is 159 Å². The van der Waals surface area contributed by atoms with Gasteiger partial charge in [-0.2, -0.15) is 0 Å². The quantitative estimate of drug-likeness (QED) is 0.584. The molecule has 0 saturated carbocycles. The van der Waals surface area contributed by atoms with Crippen molar-refractivity contribution in [2.24, 2.45) is 0 Å². The summed E-state index contributed by atoms with van der Waals surface area (Å²) in [5.41, 5.74) is 0.643. The van der Waals surface area contributed by atoms with Gasteiger partial charge < -0.3 is 24.2 Å². The van der Waals surface area contributed by atoms with E-state index in [-0.39, 0.29) is 25.5 Å². The van der Waals surface area contributed by atoms with Crippen molar-refractivity contribution in [2.45, 2.75) is 26.4 Å². The summed E-state index contributed by atoms with van der Waals surface area (Å²) < 4.78 is 29.9. The van der Waals surface area contributed by atoms with E-state index in [0.29, 0.717) is 22.7 Å². The lowest BCUT2D eigenvalue weighted by molar-refractivity contribution is 0.213. The summed E-state index contributed by atoms with van der Waals surface area (Å²) in [6.07, 6.45) is 4.71. The number of phenolic OH excluding ortho intramolecular Hbond substituents is 1. The molecule has 0 aliphatic carbocycles. The number of nitrogens with zero attached hydrogens (tertiary/aromatic N) is 2. The first-order chi connectivity index (χ1) is 12.9. The normalized spacial score (nSPS) is 12.6. The number of hydrogen-bond acceptors (Lipinski definition) is 8. The highest BCUT2D eigenvalue weighted by Crippen LogP contribution is 2.61. The number of rotatable bonds is 10. The molecule has 1 aromatic carbocycles. The lowest BCUT2D eigenvalue weighted by Crippen LogP contribution is -2.17. The van der Waals surface area contributed by atoms with Crippen LogP contribution < -0.4 is 10.1 Å². The first-order valence-corrected chi connectivity index (χ1v) is 10.3. The van der Waals surface area contributed by atoms with Crippen LogP contribution in [-0.4, -0.2) is 41.9 Å². The smallest absolute Gasteiger partial charge is 0.339 e. The largest absolute Gasteiger partial charge is 0.504 e. The van der Waals surface area contributed by atoms with E-state index in [0.717, 1.165) is 0 Å². The first-order valence-electron chi connectivity index (χ1n) is 8.71. The van der Waals surface area contributed by atoms with Gasteiger partial charge in [0, 0.05) is 18.9 Å². The van der Waals surface area contributed by atoms with Crippen molar-refractivity contribution in [3.63, 3.8) is 0 Å². The molecule has 8 nitrogen and oxygen atoms in total. The molecule has 1 unspecified atom stereocenters. The van der Waals surface area contributed by atoms with Gasteiger partial charge >= 0.3 is 7.60 Å². The van der Waals surface area contributed by atoms with Crippen molar-refractivity contribution in [1.29, 1.82) is 0 Å². The highest BCUT2D eigenvalue weighted by molar-refractivity contribution is 7.54. The van der Waals surface area contributed by atoms with Crippen molar-refractivity contribution in [1.82, 2.24) is 9.97 Å². The number of methoxy groups -OCH3 is 1. The van der Waals surface area contributed by atoms with Gasteiger partial charge in [-0.15, -0.1) is 0 Å². The molecule has 1 aromatic heterocycles. The van der Waals surface area contributed by atoms with Gasteiger partial charge in [-0.1, -0.05) is 6.07 Å². The van der Waals surface area contributed by atoms with Crippen LogP contribution in [0.15, 0.2) is 30.7 Å². The van der Waals surface area contributed by atoms with E-state index in [2.05, 4.69) is 15.3 Å². The Morgan fingerprint density at radius 3 is 2.48 bits per heavy atom. The third kappa shape index (κ3) is 5.19. The Morgan fingerprint density at radius 2 is 1.93 bits per heavy atom. The molecule has 2 rings (SSSR count). The fourth-order valence-corrected chi connectivity index (χ4v) is 4.69. The van der Waals surface area contributed by atoms with Gasteiger partial charge in [0.25, 0.3) is 0 Å². The summed E-state index contributed by atoms with van der Waals surface area (Å²) in [5, 5.41) is 13.3. The number of benzene rings is 1. The van der Waals surface area contributed by atoms with Crippen LogP contribution in [-0.2, 0) is 13.6 Å². The predicted octanol–water partition coefficient (Wildman–Crippen LogP) is 3.92. The maximum atomic E-state index is 13.5. The van der Waals surface area contributed by atoms with Crippen LogP contribution in [0.1, 0.15) is 30.6 Å². The summed E-state index contributed by atoms with van der Waals surface area (Å²) in [5.74, 6) is 0.892. The number of phenols is 1. The van der Waals surface area contributed by atoms with E-state index in [9.17, 15) is 9.67 Å². The Hall–Kier alpha value is -2.15. The average Bonchev–Trinajstić information content (AvgIpc) is 2.65. The Bertz CT molecular complexity index is 778. The summed E-state index contributed by atoms with van der Waals surface area (Å²) in [6.45, 7) is 6.01. The van der Waals surface area contributed by atoms with Gasteiger partial charge in [-0.3, -0.25) is 9.55 Å². The second-order valence-corrected chi connectivity index (χ2v) is 7.97. The molecular formula is C18H26N3O5P. The van der Waals surface area contributed by atoms with Gasteiger partial charge in [0.2, 0.25) is 0 Å². The Kier molecular flexibility index (Phi) is 7.59. The number of hydrogen-bond donors (Lipinski definition) is 2. The van der Waals surface area contributed by atoms with E-state index in [1.807, 2.05) is 0 Å². The number of nitrogens with one attached hydrogen (secondary N) is 1. The lowest BCUT2D eigenvalue weighted by atomic mass is 10.1. The van der Waals surface area contributed by atoms with Crippen molar-refractivity contribution < 1.29 is 23.5 Å². The Balaban J connectivity index is 2.45. The second-order valence-electron chi connectivity index (χ2n) is 5.75. The third-order valence-electron chi connectivity index (χ3n) is 3.93. The predicted molar refractivity (Wildman–Crippen MR) is 104 cm³/mol. The maximum Gasteiger partial charge on any atom is 0.339 e. The summed E-state index contributed by atoms with van der Waals surface area (Å²) >= 11 is 0. The zero-order valence-electron chi connectivity index (χ0n) is 16.0. The third-order valence-corrected chi connectivity index (χ3v) is 6.41. The van der Waals surface area contributed by atoms with E-state index in [4.69, 9.17) is 13.8 Å². The number of aryl methyl sites for hydroxylation is 1. The van der Waals surface area contributed by atoms with Crippen LogP contribution in [0, 0.1) is 6.92 Å². The molecule has 148 valence electrons. The molecule has 0 fully saturated rings. The zero-order chi connectivity index (χ0) is 19.9. The topological polar surface area (TPSA) is 103 Å². The molecule has 2 N–H and O–H groups in total. The summed E-state index contributed by atoms with van der Waals surface area (Å²) in [7, 11) is -2.03. The van der Waals surface area contributed by atoms with Gasteiger partial charge in [-0.05, 0) is 38.0 Å². The van der Waals surface area contributed by atoms with Crippen LogP contribution >= 0.6 is 7.60 Å². The number of anilines is 1. The van der Waals surface area contributed by atoms with E-state index in [1.54, 1.807) is 51.5 Å². The van der Waals surface area contributed by atoms with Crippen LogP contribution in [0.5, 0.6) is 11.5 Å². The standard InChI is InChI=1S/C18H26N3O5P/c1-5-25-27(23,26-6-2)16(11-21-17-12-19-7-8-20-17)14-9-13(3)18(22)15(10-14)24-4/h7-10,12,16,22H,5-6,11H2,1-4H3,(H,20,21). The molecule has 0 radical (unpaired) electrons. The van der Waals surface area contributed by atoms with Crippen LogP contribution in [0.4, 0.5) is 5.82 Å². The van der Waals surface area contributed by atoms with Crippen LogP contribution in [0.3, 0.4) is 0 Å². The molecule has 0 bridgehead atoms. The maximum absolute atomic E-state index is 13.5. The molecule has 0 amide bonds. The molecule has 0 saturated heterocycles. The van der Waals surface area contributed by atoms with Crippen molar-refractivity contribution in [3.05, 3.63) is 41.9 Å². The van der Waals surface area contributed by atoms with Crippen molar-refractivity contribution in [3.8, 4) is 11.5 Å². The van der Waals surface area contributed by atoms with Gasteiger partial charge in [-0.25, -0.2) is 4.98 Å². The fourth-order valence-electron chi connectivity index (χ4n) is 2.70. The summed E-state index contributed by atoms with van der Waals surface area (Å²) in [6, 6.07) is 3.40. The fraction of sp³-hybridized carbons (Fsp3) is 0.444. The van der Waals surface area contributed by atoms with Gasteiger partial charge in [0.1, 0.15) is 11.5 Å². The number of aromatic nitrogens is 2. The molecule has 1 atom stereocenters. The molecule has 9 heteroatoms. The molecule has 0 aliphatic heterocycles. The first kappa shape index (κ1) is 21.2. The molecule has 2 aromatic rings. The summed E-state index contributed by atoms with van der Waals surface area (Å²) in [4.78, 5) is 8.19. The minimum atomic E-state index is -3.50. The minimum absolute atomic E-state index is 0.0459. The average molecular weight is 395 g/mol. The zero-order valence-corrected chi connectivity index (χ0v) is 16.9. The molecule has 1 heterocycles. The highest BCUT2D eigenvalue weighted by Gasteiger charge is 2.37. The van der Waals surface area contributed by atoms with Crippen molar-refractivity contribution in [2.75, 3.05) is 32.2 Å². The second kappa shape index (κ2) is 9.69. The molecule has 27 heavy (non-hydrogen) atoms. The molecule has 0 aliphatic rings. The van der Waals surface area contributed by atoms with Crippen molar-refractivity contribution >= 4 is 13.4 Å². The lowest BCUT2D eigenvalue weighted by Gasteiger charge is -2.27. The number of ether oxygens (including phenoxy) is 1.